The minimum Gasteiger partial charge on any atom is -0.339 e. The number of carbonyl (C=O) groups is 1. The van der Waals surface area contributed by atoms with Crippen molar-refractivity contribution in [2.24, 2.45) is 11.8 Å². The lowest BCUT2D eigenvalue weighted by molar-refractivity contribution is -0.128. The molecule has 1 amide bonds. The summed E-state index contributed by atoms with van der Waals surface area (Å²) < 4.78 is 12.8. The molecule has 19 heavy (non-hydrogen) atoms. The van der Waals surface area contributed by atoms with Crippen LogP contribution in [0.25, 0.3) is 6.08 Å². The molecular formula is C16H20FNO. The molecule has 1 heterocycles. The van der Waals surface area contributed by atoms with Crippen molar-refractivity contribution in [3.8, 4) is 0 Å². The second kappa shape index (κ2) is 6.00. The van der Waals surface area contributed by atoms with E-state index in [1.807, 2.05) is 4.90 Å². The number of likely N-dealkylation sites (tertiary alicyclic amines) is 1. The summed E-state index contributed by atoms with van der Waals surface area (Å²) in [5, 5.41) is 0. The van der Waals surface area contributed by atoms with E-state index in [-0.39, 0.29) is 11.7 Å². The molecule has 2 nitrogen and oxygen atoms in total. The lowest BCUT2D eigenvalue weighted by atomic mass is 9.92. The lowest BCUT2D eigenvalue weighted by Crippen LogP contribution is -2.41. The molecule has 2 rings (SSSR count). The van der Waals surface area contributed by atoms with Gasteiger partial charge in [-0.15, -0.1) is 0 Å². The van der Waals surface area contributed by atoms with Crippen molar-refractivity contribution in [3.05, 3.63) is 41.7 Å². The van der Waals surface area contributed by atoms with Crippen LogP contribution in [-0.4, -0.2) is 23.9 Å². The number of hydrogen-bond donors (Lipinski definition) is 0. The Balaban J connectivity index is 1.98. The topological polar surface area (TPSA) is 20.3 Å². The van der Waals surface area contributed by atoms with Crippen LogP contribution in [0.3, 0.4) is 0 Å². The van der Waals surface area contributed by atoms with Gasteiger partial charge >= 0.3 is 0 Å². The summed E-state index contributed by atoms with van der Waals surface area (Å²) in [7, 11) is 0. The van der Waals surface area contributed by atoms with E-state index in [4.69, 9.17) is 0 Å². The maximum atomic E-state index is 12.8. The second-order valence-corrected chi connectivity index (χ2v) is 5.57. The molecule has 0 aromatic heterocycles. The van der Waals surface area contributed by atoms with Crippen molar-refractivity contribution in [2.45, 2.75) is 20.3 Å². The Hall–Kier alpha value is -1.64. The van der Waals surface area contributed by atoms with Gasteiger partial charge in [0.15, 0.2) is 0 Å². The highest BCUT2D eigenvalue weighted by atomic mass is 19.1. The number of nitrogens with zero attached hydrogens (tertiary/aromatic N) is 1. The highest BCUT2D eigenvalue weighted by molar-refractivity contribution is 5.91. The van der Waals surface area contributed by atoms with Gasteiger partial charge in [0, 0.05) is 19.2 Å². The van der Waals surface area contributed by atoms with Gasteiger partial charge in [0.2, 0.25) is 5.91 Å². The zero-order chi connectivity index (χ0) is 13.8. The number of carbonyl (C=O) groups excluding carboxylic acids is 1. The molecule has 0 saturated carbocycles. The van der Waals surface area contributed by atoms with E-state index in [1.54, 1.807) is 24.3 Å². The third-order valence-electron chi connectivity index (χ3n) is 3.47. The Morgan fingerprint density at radius 1 is 1.21 bits per heavy atom. The first kappa shape index (κ1) is 13.8. The van der Waals surface area contributed by atoms with E-state index in [0.29, 0.717) is 11.8 Å². The molecule has 1 aromatic rings. The van der Waals surface area contributed by atoms with E-state index in [0.717, 1.165) is 18.7 Å². The third-order valence-corrected chi connectivity index (χ3v) is 3.47. The highest BCUT2D eigenvalue weighted by Crippen LogP contribution is 2.21. The van der Waals surface area contributed by atoms with Gasteiger partial charge in [-0.25, -0.2) is 4.39 Å². The Kier molecular flexibility index (Phi) is 4.35. The van der Waals surface area contributed by atoms with Gasteiger partial charge in [-0.05, 0) is 42.0 Å². The Morgan fingerprint density at radius 3 is 2.37 bits per heavy atom. The number of halogens is 1. The van der Waals surface area contributed by atoms with E-state index >= 15 is 0 Å². The fraction of sp³-hybridized carbons (Fsp3) is 0.438. The van der Waals surface area contributed by atoms with Crippen molar-refractivity contribution in [2.75, 3.05) is 13.1 Å². The van der Waals surface area contributed by atoms with Crippen molar-refractivity contribution in [1.82, 2.24) is 4.90 Å². The highest BCUT2D eigenvalue weighted by Gasteiger charge is 2.23. The van der Waals surface area contributed by atoms with Gasteiger partial charge in [-0.3, -0.25) is 4.79 Å². The summed E-state index contributed by atoms with van der Waals surface area (Å²) in [4.78, 5) is 14.0. The zero-order valence-corrected chi connectivity index (χ0v) is 11.5. The molecule has 0 aliphatic carbocycles. The molecule has 1 aliphatic rings. The zero-order valence-electron chi connectivity index (χ0n) is 11.5. The first-order valence-electron chi connectivity index (χ1n) is 6.77. The van der Waals surface area contributed by atoms with Crippen LogP contribution < -0.4 is 0 Å². The summed E-state index contributed by atoms with van der Waals surface area (Å²) in [6.07, 6.45) is 4.51. The summed E-state index contributed by atoms with van der Waals surface area (Å²) in [6, 6.07) is 6.13. The number of rotatable bonds is 2. The summed E-state index contributed by atoms with van der Waals surface area (Å²) in [5.41, 5.74) is 0.841. The molecule has 2 atom stereocenters. The minimum atomic E-state index is -0.262. The second-order valence-electron chi connectivity index (χ2n) is 5.57. The molecule has 0 N–H and O–H groups in total. The molecule has 0 unspecified atom stereocenters. The molecule has 0 spiro atoms. The molecule has 3 heteroatoms. The predicted molar refractivity (Wildman–Crippen MR) is 75.0 cm³/mol. The third kappa shape index (κ3) is 3.91. The standard InChI is InChI=1S/C16H20FNO/c1-12-9-13(2)11-18(10-12)16(19)8-5-14-3-6-15(17)7-4-14/h3-8,12-13H,9-11H2,1-2H3/b8-5-/t12-,13-/m1/s1. The van der Waals surface area contributed by atoms with Gasteiger partial charge in [-0.2, -0.15) is 0 Å². The van der Waals surface area contributed by atoms with Crippen molar-refractivity contribution < 1.29 is 9.18 Å². The van der Waals surface area contributed by atoms with Gasteiger partial charge in [0.1, 0.15) is 5.82 Å². The molecule has 1 aromatic carbocycles. The van der Waals surface area contributed by atoms with Crippen LogP contribution in [0.2, 0.25) is 0 Å². The van der Waals surface area contributed by atoms with Crippen LogP contribution in [-0.2, 0) is 4.79 Å². The summed E-state index contributed by atoms with van der Waals surface area (Å²) >= 11 is 0. The first-order chi connectivity index (χ1) is 9.04. The lowest BCUT2D eigenvalue weighted by Gasteiger charge is -2.34. The van der Waals surface area contributed by atoms with Gasteiger partial charge in [-0.1, -0.05) is 26.0 Å². The van der Waals surface area contributed by atoms with Crippen LogP contribution in [0.1, 0.15) is 25.8 Å². The van der Waals surface area contributed by atoms with E-state index in [2.05, 4.69) is 13.8 Å². The molecule has 0 radical (unpaired) electrons. The van der Waals surface area contributed by atoms with Crippen molar-refractivity contribution in [1.29, 1.82) is 0 Å². The fourth-order valence-corrected chi connectivity index (χ4v) is 2.69. The molecule has 1 aliphatic heterocycles. The normalized spacial score (nSPS) is 23.8. The number of amides is 1. The maximum Gasteiger partial charge on any atom is 0.246 e. The Morgan fingerprint density at radius 2 is 1.79 bits per heavy atom. The van der Waals surface area contributed by atoms with Crippen molar-refractivity contribution >= 4 is 12.0 Å². The van der Waals surface area contributed by atoms with Crippen LogP contribution >= 0.6 is 0 Å². The van der Waals surface area contributed by atoms with E-state index in [1.165, 1.54) is 18.6 Å². The Bertz CT molecular complexity index is 456. The van der Waals surface area contributed by atoms with Gasteiger partial charge in [0.25, 0.3) is 0 Å². The molecular weight excluding hydrogens is 241 g/mol. The van der Waals surface area contributed by atoms with Crippen LogP contribution in [0.4, 0.5) is 4.39 Å². The molecule has 0 bridgehead atoms. The van der Waals surface area contributed by atoms with E-state index < -0.39 is 0 Å². The first-order valence-corrected chi connectivity index (χ1v) is 6.77. The number of hydrogen-bond acceptors (Lipinski definition) is 1. The van der Waals surface area contributed by atoms with Crippen molar-refractivity contribution in [3.63, 3.8) is 0 Å². The fourth-order valence-electron chi connectivity index (χ4n) is 2.69. The Labute approximate surface area is 113 Å². The summed E-state index contributed by atoms with van der Waals surface area (Å²) in [5.74, 6) is 0.906. The van der Waals surface area contributed by atoms with Crippen LogP contribution in [0, 0.1) is 17.7 Å². The van der Waals surface area contributed by atoms with E-state index in [9.17, 15) is 9.18 Å². The monoisotopic (exact) mass is 261 g/mol. The van der Waals surface area contributed by atoms with Gasteiger partial charge in [0.05, 0.1) is 0 Å². The number of benzene rings is 1. The molecule has 1 saturated heterocycles. The van der Waals surface area contributed by atoms with Crippen LogP contribution in [0.15, 0.2) is 30.3 Å². The average Bonchev–Trinajstić information content (AvgIpc) is 2.36. The molecule has 1 fully saturated rings. The smallest absolute Gasteiger partial charge is 0.246 e. The van der Waals surface area contributed by atoms with Gasteiger partial charge < -0.3 is 4.90 Å². The largest absolute Gasteiger partial charge is 0.339 e. The van der Waals surface area contributed by atoms with Crippen LogP contribution in [0.5, 0.6) is 0 Å². The SMILES string of the molecule is C[C@@H]1C[C@@H](C)CN(C(=O)/C=C\c2ccc(F)cc2)C1. The minimum absolute atomic E-state index is 0.0442. The average molecular weight is 261 g/mol. The predicted octanol–water partition coefficient (Wildman–Crippen LogP) is 3.34. The number of piperidine rings is 1. The quantitative estimate of drug-likeness (QED) is 0.748. The molecule has 102 valence electrons. The summed E-state index contributed by atoms with van der Waals surface area (Å²) in [6.45, 7) is 6.02. The maximum absolute atomic E-state index is 12.8.